The maximum absolute atomic E-state index is 9.70. The first-order valence-corrected chi connectivity index (χ1v) is 3.72. The van der Waals surface area contributed by atoms with Crippen LogP contribution in [-0.4, -0.2) is 13.0 Å². The summed E-state index contributed by atoms with van der Waals surface area (Å²) in [4.78, 5) is 9.70. The summed E-state index contributed by atoms with van der Waals surface area (Å²) in [6, 6.07) is 0. The fraction of sp³-hybridized carbons (Fsp3) is 0.875. The van der Waals surface area contributed by atoms with Crippen LogP contribution in [0.4, 0.5) is 0 Å². The van der Waals surface area contributed by atoms with Gasteiger partial charge in [-0.15, -0.1) is 0 Å². The summed E-state index contributed by atoms with van der Waals surface area (Å²) in [5.41, 5.74) is 0. The van der Waals surface area contributed by atoms with Crippen molar-refractivity contribution in [3.05, 3.63) is 0 Å². The molecule has 0 bridgehead atoms. The van der Waals surface area contributed by atoms with Gasteiger partial charge in [0.15, 0.2) is 0 Å². The second-order valence-corrected chi connectivity index (χ2v) is 2.61. The highest BCUT2D eigenvalue weighted by Crippen LogP contribution is 1.93. The second kappa shape index (κ2) is 8.47. The summed E-state index contributed by atoms with van der Waals surface area (Å²) >= 11 is 0. The van der Waals surface area contributed by atoms with E-state index in [0.29, 0.717) is 0 Å². The molecule has 0 rings (SSSR count). The molecule has 0 radical (unpaired) electrons. The number of hydrogen-bond acceptors (Lipinski definition) is 1. The molecule has 0 aromatic carbocycles. The highest BCUT2D eigenvalue weighted by molar-refractivity contribution is 5.72. The fourth-order valence-electron chi connectivity index (χ4n) is 0. The highest BCUT2D eigenvalue weighted by atomic mass is 16.1. The Morgan fingerprint density at radius 3 is 1.70 bits per heavy atom. The molecule has 62 valence electrons. The predicted octanol–water partition coefficient (Wildman–Crippen LogP) is 1.80. The minimum absolute atomic E-state index is 0.00463. The molecule has 0 heterocycles. The lowest BCUT2D eigenvalue weighted by Crippen LogP contribution is -2.11. The van der Waals surface area contributed by atoms with Gasteiger partial charge in [-0.05, 0) is 5.92 Å². The zero-order chi connectivity index (χ0) is 8.57. The highest BCUT2D eigenvalue weighted by Gasteiger charge is 1.80. The van der Waals surface area contributed by atoms with Crippen LogP contribution < -0.4 is 5.32 Å². The number of nitrogens with one attached hydrogen (secondary N) is 1. The number of amides is 1. The number of hydrogen-bond donors (Lipinski definition) is 1. The van der Waals surface area contributed by atoms with E-state index >= 15 is 0 Å². The van der Waals surface area contributed by atoms with Crippen molar-refractivity contribution in [3.8, 4) is 0 Å². The molecular weight excluding hydrogens is 126 g/mol. The van der Waals surface area contributed by atoms with Crippen LogP contribution >= 0.6 is 0 Å². The van der Waals surface area contributed by atoms with Crippen molar-refractivity contribution in [2.75, 3.05) is 7.05 Å². The lowest BCUT2D eigenvalue weighted by molar-refractivity contribution is -0.118. The summed E-state index contributed by atoms with van der Waals surface area (Å²) in [6.07, 6.45) is 1.31. The standard InChI is InChI=1S/C5H12.C3H7NO/c1-4-5(2)3;1-3(5)4-2/h5H,4H2,1-3H3;1-2H3,(H,4,5). The molecule has 0 aliphatic carbocycles. The van der Waals surface area contributed by atoms with Crippen LogP contribution in [0.3, 0.4) is 0 Å². The molecule has 1 N–H and O–H groups in total. The molecule has 2 heteroatoms. The summed E-state index contributed by atoms with van der Waals surface area (Å²) in [7, 11) is 1.60. The van der Waals surface area contributed by atoms with E-state index in [2.05, 4.69) is 26.1 Å². The van der Waals surface area contributed by atoms with Gasteiger partial charge in [0.2, 0.25) is 5.91 Å². The lowest BCUT2D eigenvalue weighted by atomic mass is 10.2. The largest absolute Gasteiger partial charge is 0.359 e. The van der Waals surface area contributed by atoms with Crippen molar-refractivity contribution >= 4 is 5.91 Å². The molecule has 0 saturated carbocycles. The molecule has 0 aliphatic heterocycles. The summed E-state index contributed by atoms with van der Waals surface area (Å²) in [5, 5.41) is 2.39. The molecule has 1 amide bonds. The van der Waals surface area contributed by atoms with Gasteiger partial charge in [0.25, 0.3) is 0 Å². The minimum atomic E-state index is 0.00463. The number of carbonyl (C=O) groups excluding carboxylic acids is 1. The van der Waals surface area contributed by atoms with Gasteiger partial charge in [-0.25, -0.2) is 0 Å². The van der Waals surface area contributed by atoms with Crippen LogP contribution in [0.5, 0.6) is 0 Å². The average molecular weight is 145 g/mol. The SMILES string of the molecule is CCC(C)C.CNC(C)=O. The first-order valence-electron chi connectivity index (χ1n) is 3.72. The third kappa shape index (κ3) is 26.0. The predicted molar refractivity (Wildman–Crippen MR) is 44.9 cm³/mol. The maximum atomic E-state index is 9.70. The van der Waals surface area contributed by atoms with Crippen molar-refractivity contribution in [1.82, 2.24) is 5.32 Å². The second-order valence-electron chi connectivity index (χ2n) is 2.61. The Bertz CT molecular complexity index is 79.3. The van der Waals surface area contributed by atoms with Crippen molar-refractivity contribution in [1.29, 1.82) is 0 Å². The van der Waals surface area contributed by atoms with Gasteiger partial charge in [0.05, 0.1) is 0 Å². The van der Waals surface area contributed by atoms with E-state index in [1.165, 1.54) is 13.3 Å². The Kier molecular flexibility index (Phi) is 10.3. The van der Waals surface area contributed by atoms with Crippen LogP contribution in [0.2, 0.25) is 0 Å². The quantitative estimate of drug-likeness (QED) is 0.599. The Balaban J connectivity index is 0. The van der Waals surface area contributed by atoms with E-state index in [0.717, 1.165) is 5.92 Å². The normalized spacial score (nSPS) is 8.20. The minimum Gasteiger partial charge on any atom is -0.359 e. The first kappa shape index (κ1) is 12.2. The van der Waals surface area contributed by atoms with Crippen LogP contribution in [0.1, 0.15) is 34.1 Å². The monoisotopic (exact) mass is 145 g/mol. The molecule has 0 unspecified atom stereocenters. The van der Waals surface area contributed by atoms with Gasteiger partial charge in [-0.3, -0.25) is 4.79 Å². The first-order chi connectivity index (χ1) is 4.54. The number of carbonyl (C=O) groups is 1. The van der Waals surface area contributed by atoms with Gasteiger partial charge in [-0.1, -0.05) is 27.2 Å². The summed E-state index contributed by atoms with van der Waals surface area (Å²) < 4.78 is 0. The van der Waals surface area contributed by atoms with Gasteiger partial charge < -0.3 is 5.32 Å². The Morgan fingerprint density at radius 1 is 1.50 bits per heavy atom. The van der Waals surface area contributed by atoms with Gasteiger partial charge >= 0.3 is 0 Å². The molecular formula is C8H19NO. The van der Waals surface area contributed by atoms with Gasteiger partial charge in [0, 0.05) is 14.0 Å². The Morgan fingerprint density at radius 2 is 1.70 bits per heavy atom. The average Bonchev–Trinajstić information content (AvgIpc) is 1.89. The van der Waals surface area contributed by atoms with E-state index in [1.54, 1.807) is 7.05 Å². The Labute approximate surface area is 64.0 Å². The van der Waals surface area contributed by atoms with Gasteiger partial charge in [-0.2, -0.15) is 0 Å². The molecule has 0 atom stereocenters. The molecule has 0 spiro atoms. The topological polar surface area (TPSA) is 29.1 Å². The molecule has 0 fully saturated rings. The molecule has 2 nitrogen and oxygen atoms in total. The maximum Gasteiger partial charge on any atom is 0.216 e. The third-order valence-electron chi connectivity index (χ3n) is 1.17. The van der Waals surface area contributed by atoms with Crippen LogP contribution in [0.25, 0.3) is 0 Å². The summed E-state index contributed by atoms with van der Waals surface area (Å²) in [5.74, 6) is 0.889. The van der Waals surface area contributed by atoms with Crippen molar-refractivity contribution in [2.45, 2.75) is 34.1 Å². The Hall–Kier alpha value is -0.530. The van der Waals surface area contributed by atoms with E-state index in [9.17, 15) is 4.79 Å². The molecule has 0 aromatic heterocycles. The number of rotatable bonds is 1. The van der Waals surface area contributed by atoms with Crippen LogP contribution in [-0.2, 0) is 4.79 Å². The van der Waals surface area contributed by atoms with Crippen LogP contribution in [0.15, 0.2) is 0 Å². The fourth-order valence-corrected chi connectivity index (χ4v) is 0. The summed E-state index contributed by atoms with van der Waals surface area (Å²) in [6.45, 7) is 8.12. The molecule has 0 saturated heterocycles. The van der Waals surface area contributed by atoms with E-state index < -0.39 is 0 Å². The van der Waals surface area contributed by atoms with Crippen molar-refractivity contribution < 1.29 is 4.79 Å². The smallest absolute Gasteiger partial charge is 0.216 e. The lowest BCUT2D eigenvalue weighted by Gasteiger charge is -1.90. The van der Waals surface area contributed by atoms with Crippen LogP contribution in [0, 0.1) is 5.92 Å². The van der Waals surface area contributed by atoms with E-state index in [1.807, 2.05) is 0 Å². The van der Waals surface area contributed by atoms with E-state index in [4.69, 9.17) is 0 Å². The van der Waals surface area contributed by atoms with E-state index in [-0.39, 0.29) is 5.91 Å². The molecule has 0 aromatic rings. The third-order valence-corrected chi connectivity index (χ3v) is 1.17. The molecule has 10 heavy (non-hydrogen) atoms. The zero-order valence-corrected chi connectivity index (χ0v) is 7.69. The zero-order valence-electron chi connectivity index (χ0n) is 7.69. The van der Waals surface area contributed by atoms with Crippen molar-refractivity contribution in [3.63, 3.8) is 0 Å². The molecule has 0 aliphatic rings. The van der Waals surface area contributed by atoms with Crippen molar-refractivity contribution in [2.24, 2.45) is 5.92 Å². The van der Waals surface area contributed by atoms with Gasteiger partial charge in [0.1, 0.15) is 0 Å².